The molecule has 4 N–H and O–H groups in total. The Bertz CT molecular complexity index is 1550. The van der Waals surface area contributed by atoms with Gasteiger partial charge in [-0.2, -0.15) is 0 Å². The van der Waals surface area contributed by atoms with Gasteiger partial charge >= 0.3 is 5.97 Å². The van der Waals surface area contributed by atoms with Crippen LogP contribution < -0.4 is 11.1 Å². The Morgan fingerprint density at radius 3 is 2.31 bits per heavy atom. The second-order valence-corrected chi connectivity index (χ2v) is 19.4. The lowest BCUT2D eigenvalue weighted by Crippen LogP contribution is -2.60. The van der Waals surface area contributed by atoms with E-state index in [1.807, 2.05) is 6.92 Å². The van der Waals surface area contributed by atoms with E-state index < -0.39 is 5.97 Å². The normalized spacial score (nSPS) is 40.9. The van der Waals surface area contributed by atoms with Crippen LogP contribution >= 0.6 is 0 Å². The molecule has 1 heterocycles. The third kappa shape index (κ3) is 6.42. The highest BCUT2D eigenvalue weighted by Gasteiger charge is 2.64. The fourth-order valence-electron chi connectivity index (χ4n) is 14.3. The monoisotopic (exact) mass is 717 g/mol. The number of ketones is 1. The number of nitrogens with two attached hydrogens (primary N) is 1. The van der Waals surface area contributed by atoms with Gasteiger partial charge in [-0.3, -0.25) is 9.59 Å². The van der Waals surface area contributed by atoms with Gasteiger partial charge in [0.05, 0.1) is 5.92 Å². The number of furan rings is 1. The van der Waals surface area contributed by atoms with E-state index in [2.05, 4.69) is 72.2 Å². The molecule has 1 aromatic heterocycles. The maximum Gasteiger partial charge on any atom is 0.306 e. The average molecular weight is 717 g/mol. The summed E-state index contributed by atoms with van der Waals surface area (Å²) in [5, 5.41) is 13.3. The zero-order valence-corrected chi connectivity index (χ0v) is 34.2. The van der Waals surface area contributed by atoms with Gasteiger partial charge in [0.15, 0.2) is 5.78 Å². The van der Waals surface area contributed by atoms with Crippen molar-refractivity contribution in [3.05, 3.63) is 46.4 Å². The number of aliphatic carboxylic acids is 1. The summed E-state index contributed by atoms with van der Waals surface area (Å²) < 4.78 is 5.78. The van der Waals surface area contributed by atoms with E-state index in [1.165, 1.54) is 75.1 Å². The van der Waals surface area contributed by atoms with E-state index in [1.54, 1.807) is 5.57 Å². The third-order valence-corrected chi connectivity index (χ3v) is 16.9. The number of hydrogen-bond acceptors (Lipinski definition) is 5. The molecule has 12 unspecified atom stereocenters. The second kappa shape index (κ2) is 14.8. The number of fused-ring (bicyclic) bond motifs is 7. The molecule has 0 bridgehead atoms. The van der Waals surface area contributed by atoms with Gasteiger partial charge in [-0.15, -0.1) is 0 Å². The molecule has 0 spiro atoms. The highest BCUT2D eigenvalue weighted by Crippen LogP contribution is 2.72. The van der Waals surface area contributed by atoms with Gasteiger partial charge in [0.2, 0.25) is 0 Å². The van der Waals surface area contributed by atoms with Gasteiger partial charge in [-0.1, -0.05) is 59.3 Å². The predicted octanol–water partition coefficient (Wildman–Crippen LogP) is 10.1. The molecule has 5 fully saturated rings. The highest BCUT2D eigenvalue weighted by atomic mass is 16.4. The maximum absolute atomic E-state index is 13.9. The quantitative estimate of drug-likeness (QED) is 0.164. The smallest absolute Gasteiger partial charge is 0.306 e. The molecule has 6 heteroatoms. The van der Waals surface area contributed by atoms with Gasteiger partial charge in [-0.25, -0.2) is 0 Å². The molecule has 0 aromatic carbocycles. The molecule has 1 aromatic rings. The lowest BCUT2D eigenvalue weighted by atomic mass is 9.37. The van der Waals surface area contributed by atoms with Crippen LogP contribution in [0.25, 0.3) is 0 Å². The van der Waals surface area contributed by atoms with Crippen LogP contribution in [0.2, 0.25) is 0 Å². The summed E-state index contributed by atoms with van der Waals surface area (Å²) in [5.41, 5.74) is 10.6. The molecule has 290 valence electrons. The fourth-order valence-corrected chi connectivity index (χ4v) is 14.3. The number of rotatable bonds is 10. The van der Waals surface area contributed by atoms with Crippen LogP contribution in [-0.2, 0) is 16.1 Å². The first-order valence-electron chi connectivity index (χ1n) is 21.1. The number of Topliss-reactive ketones (excluding diaryl/α,β-unsaturated/α-hetero) is 1. The van der Waals surface area contributed by atoms with Gasteiger partial charge in [-0.05, 0) is 174 Å². The molecule has 6 nitrogen and oxygen atoms in total. The van der Waals surface area contributed by atoms with Crippen LogP contribution in [-0.4, -0.2) is 30.5 Å². The van der Waals surface area contributed by atoms with Crippen LogP contribution in [0.15, 0.2) is 33.8 Å². The maximum atomic E-state index is 13.9. The van der Waals surface area contributed by atoms with Crippen molar-refractivity contribution in [2.45, 2.75) is 139 Å². The van der Waals surface area contributed by atoms with E-state index in [0.717, 1.165) is 62.1 Å². The largest absolute Gasteiger partial charge is 0.481 e. The fraction of sp³-hybridized carbons (Fsp3) is 0.783. The van der Waals surface area contributed by atoms with Crippen LogP contribution in [0, 0.1) is 89.3 Å². The van der Waals surface area contributed by atoms with E-state index in [-0.39, 0.29) is 17.3 Å². The van der Waals surface area contributed by atoms with Crippen LogP contribution in [0.1, 0.15) is 136 Å². The van der Waals surface area contributed by atoms with Crippen LogP contribution in [0.5, 0.6) is 0 Å². The van der Waals surface area contributed by atoms with E-state index >= 15 is 0 Å². The first kappa shape index (κ1) is 39.5. The molecule has 0 saturated heterocycles. The SMILES string of the molecule is C=C(CC1CCC2(C)C(CCC3(C)C4CCC5(CCNCc6cc(C)oc6C)CC(=O)C(C(C)C)=C5C4CCC32)C1C)C1CC(C(=O)O)C1C.CN. The predicted molar refractivity (Wildman–Crippen MR) is 210 cm³/mol. The lowest BCUT2D eigenvalue weighted by Gasteiger charge is -2.67. The molecule has 5 saturated carbocycles. The molecule has 0 aliphatic heterocycles. The Labute approximate surface area is 315 Å². The number of hydrogen-bond donors (Lipinski definition) is 3. The van der Waals surface area contributed by atoms with Crippen molar-refractivity contribution < 1.29 is 19.1 Å². The Balaban J connectivity index is 0.00000228. The molecule has 52 heavy (non-hydrogen) atoms. The highest BCUT2D eigenvalue weighted by molar-refractivity contribution is 6.00. The molecule has 7 rings (SSSR count). The molecule has 12 atom stereocenters. The van der Waals surface area contributed by atoms with Crippen LogP contribution in [0.4, 0.5) is 0 Å². The van der Waals surface area contributed by atoms with Gasteiger partial charge in [0.1, 0.15) is 11.5 Å². The molecular weight excluding hydrogens is 645 g/mol. The topological polar surface area (TPSA) is 106 Å². The molecule has 0 radical (unpaired) electrons. The number of carboxylic acid groups (broad SMARTS) is 1. The molecule has 6 aliphatic carbocycles. The third-order valence-electron chi connectivity index (χ3n) is 16.9. The first-order valence-corrected chi connectivity index (χ1v) is 21.1. The van der Waals surface area contributed by atoms with Crippen molar-refractivity contribution in [2.24, 2.45) is 81.2 Å². The number of nitrogens with one attached hydrogen (secondary N) is 1. The van der Waals surface area contributed by atoms with E-state index in [4.69, 9.17) is 4.42 Å². The van der Waals surface area contributed by atoms with Crippen molar-refractivity contribution in [2.75, 3.05) is 13.6 Å². The van der Waals surface area contributed by atoms with Gasteiger partial charge < -0.3 is 20.6 Å². The Hall–Kier alpha value is -2.18. The van der Waals surface area contributed by atoms with Crippen molar-refractivity contribution in [1.82, 2.24) is 5.32 Å². The van der Waals surface area contributed by atoms with Gasteiger partial charge in [0.25, 0.3) is 0 Å². The standard InChI is InChI=1S/C45H67NO4.CH5N/c1-25(2)40-38(47)23-45(18-19-46-24-32-21-27(4)50-30(32)7)17-14-37-33(41(40)45)10-11-39-43(8)15-12-31(28(5)36(43)13-16-44(37,39)9)20-26(3)34-22-35(29(34)6)42(48)49;1-2/h21,25,28-29,31,33-37,39,46H,3,10-20,22-24H2,1-2,4-9H3,(H,48,49);2H2,1H3. The second-order valence-electron chi connectivity index (χ2n) is 19.4. The summed E-state index contributed by atoms with van der Waals surface area (Å²) >= 11 is 0. The number of allylic oxidation sites excluding steroid dienone is 3. The van der Waals surface area contributed by atoms with E-state index in [9.17, 15) is 14.7 Å². The molecule has 0 amide bonds. The zero-order chi connectivity index (χ0) is 37.9. The minimum Gasteiger partial charge on any atom is -0.481 e. The average Bonchev–Trinajstić information content (AvgIpc) is 3.58. The molecule has 6 aliphatic rings. The minimum atomic E-state index is -0.633. The van der Waals surface area contributed by atoms with Crippen molar-refractivity contribution in [3.8, 4) is 0 Å². The van der Waals surface area contributed by atoms with Crippen molar-refractivity contribution in [3.63, 3.8) is 0 Å². The van der Waals surface area contributed by atoms with Gasteiger partial charge in [0, 0.05) is 23.9 Å². The van der Waals surface area contributed by atoms with E-state index in [0.29, 0.717) is 52.1 Å². The summed E-state index contributed by atoms with van der Waals surface area (Å²) in [6.45, 7) is 25.0. The number of carbonyl (C=O) groups excluding carboxylic acids is 1. The summed E-state index contributed by atoms with van der Waals surface area (Å²) in [5.74, 6) is 6.61. The molecular formula is C46H72N2O4. The number of aryl methyl sites for hydroxylation is 2. The first-order chi connectivity index (χ1) is 24.6. The number of carboxylic acids is 1. The minimum absolute atomic E-state index is 0.0356. The Kier molecular flexibility index (Phi) is 11.3. The van der Waals surface area contributed by atoms with Crippen molar-refractivity contribution >= 4 is 11.8 Å². The van der Waals surface area contributed by atoms with Crippen LogP contribution in [0.3, 0.4) is 0 Å². The summed E-state index contributed by atoms with van der Waals surface area (Å²) in [6.07, 6.45) is 13.9. The summed E-state index contributed by atoms with van der Waals surface area (Å²) in [6, 6.07) is 2.15. The Morgan fingerprint density at radius 1 is 1.00 bits per heavy atom. The number of carbonyl (C=O) groups is 2. The summed E-state index contributed by atoms with van der Waals surface area (Å²) in [4.78, 5) is 25.5. The Morgan fingerprint density at radius 2 is 1.67 bits per heavy atom. The zero-order valence-electron chi connectivity index (χ0n) is 34.2. The lowest BCUT2D eigenvalue weighted by molar-refractivity contribution is -0.170. The summed E-state index contributed by atoms with van der Waals surface area (Å²) in [7, 11) is 1.50. The van der Waals surface area contributed by atoms with Crippen molar-refractivity contribution in [1.29, 1.82) is 0 Å².